The molecule has 1 saturated heterocycles. The van der Waals surface area contributed by atoms with Crippen LogP contribution in [0, 0.1) is 0 Å². The zero-order chi connectivity index (χ0) is 24.0. The van der Waals surface area contributed by atoms with Crippen LogP contribution in [-0.4, -0.2) is 58.9 Å². The lowest BCUT2D eigenvalue weighted by atomic mass is 10.1. The molecule has 1 fully saturated rings. The van der Waals surface area contributed by atoms with E-state index in [0.717, 1.165) is 22.6 Å². The molecular formula is C22H19F3N4O5. The number of carbonyl (C=O) groups is 2. The molecule has 0 spiro atoms. The van der Waals surface area contributed by atoms with Crippen molar-refractivity contribution in [3.63, 3.8) is 0 Å². The van der Waals surface area contributed by atoms with Crippen LogP contribution in [-0.2, 0) is 22.3 Å². The Labute approximate surface area is 190 Å². The highest BCUT2D eigenvalue weighted by Gasteiger charge is 2.31. The maximum Gasteiger partial charge on any atom is 0.442 e. The standard InChI is InChI=1S/C22H19F3N4O5/c23-22(24,25)14-4-6-15(7-5-14)27-11-8-26(9-12-27)10-13-28-16-2-1-3-17-18(16)29(21(28)32)34-20(31)19(30)33-17/h1-7H,8-13H2. The minimum Gasteiger partial charge on any atom is -0.416 e. The fourth-order valence-electron chi connectivity index (χ4n) is 4.22. The summed E-state index contributed by atoms with van der Waals surface area (Å²) in [7, 11) is 0. The summed E-state index contributed by atoms with van der Waals surface area (Å²) >= 11 is 0. The highest BCUT2D eigenvalue weighted by molar-refractivity contribution is 6.31. The first kappa shape index (κ1) is 22.0. The zero-order valence-electron chi connectivity index (χ0n) is 17.7. The van der Waals surface area contributed by atoms with Crippen molar-refractivity contribution < 1.29 is 32.3 Å². The Morgan fingerprint density at radius 2 is 1.56 bits per heavy atom. The summed E-state index contributed by atoms with van der Waals surface area (Å²) in [5.74, 6) is -2.42. The lowest BCUT2D eigenvalue weighted by Gasteiger charge is -2.36. The number of piperazine rings is 1. The average molecular weight is 476 g/mol. The van der Waals surface area contributed by atoms with Gasteiger partial charge in [-0.3, -0.25) is 9.47 Å². The number of hydrogen-bond acceptors (Lipinski definition) is 7. The molecule has 0 N–H and O–H groups in total. The molecule has 9 nitrogen and oxygen atoms in total. The van der Waals surface area contributed by atoms with Crippen molar-refractivity contribution in [2.45, 2.75) is 12.7 Å². The second-order valence-electron chi connectivity index (χ2n) is 7.99. The molecule has 3 heterocycles. The average Bonchev–Trinajstić information content (AvgIpc) is 3.00. The summed E-state index contributed by atoms with van der Waals surface area (Å²) in [4.78, 5) is 45.4. The summed E-state index contributed by atoms with van der Waals surface area (Å²) < 4.78 is 45.6. The van der Waals surface area contributed by atoms with Gasteiger partial charge in [-0.1, -0.05) is 6.07 Å². The van der Waals surface area contributed by atoms with Crippen LogP contribution in [0.4, 0.5) is 18.9 Å². The van der Waals surface area contributed by atoms with Crippen molar-refractivity contribution in [1.29, 1.82) is 0 Å². The van der Waals surface area contributed by atoms with E-state index in [1.165, 1.54) is 22.8 Å². The lowest BCUT2D eigenvalue weighted by Crippen LogP contribution is -2.47. The van der Waals surface area contributed by atoms with Crippen molar-refractivity contribution in [2.24, 2.45) is 0 Å². The van der Waals surface area contributed by atoms with Gasteiger partial charge in [-0.05, 0) is 36.4 Å². The van der Waals surface area contributed by atoms with Crippen LogP contribution in [0.2, 0.25) is 0 Å². The van der Waals surface area contributed by atoms with Crippen LogP contribution in [0.3, 0.4) is 0 Å². The molecule has 0 unspecified atom stereocenters. The third-order valence-corrected chi connectivity index (χ3v) is 5.99. The van der Waals surface area contributed by atoms with Gasteiger partial charge in [0.05, 0.1) is 11.1 Å². The minimum atomic E-state index is -4.36. The van der Waals surface area contributed by atoms with E-state index < -0.39 is 29.4 Å². The number of hydrogen-bond donors (Lipinski definition) is 0. The van der Waals surface area contributed by atoms with Crippen molar-refractivity contribution in [2.75, 3.05) is 37.6 Å². The van der Waals surface area contributed by atoms with Crippen LogP contribution in [0.25, 0.3) is 11.0 Å². The number of rotatable bonds is 4. The molecule has 0 bridgehead atoms. The fraction of sp³-hybridized carbons (Fsp3) is 0.318. The van der Waals surface area contributed by atoms with E-state index in [1.54, 1.807) is 12.1 Å². The molecule has 0 saturated carbocycles. The highest BCUT2D eigenvalue weighted by Crippen LogP contribution is 2.31. The first-order chi connectivity index (χ1) is 16.2. The smallest absolute Gasteiger partial charge is 0.416 e. The molecule has 2 aliphatic heterocycles. The predicted octanol–water partition coefficient (Wildman–Crippen LogP) is 1.52. The van der Waals surface area contributed by atoms with Gasteiger partial charge in [-0.2, -0.15) is 13.2 Å². The highest BCUT2D eigenvalue weighted by atomic mass is 19.4. The number of nitrogens with zero attached hydrogens (tertiary/aromatic N) is 4. The third kappa shape index (κ3) is 3.89. The molecule has 2 aliphatic rings. The normalized spacial score (nSPS) is 17.0. The van der Waals surface area contributed by atoms with Crippen LogP contribution in [0.1, 0.15) is 5.56 Å². The van der Waals surface area contributed by atoms with Crippen molar-refractivity contribution >= 4 is 28.7 Å². The molecule has 0 atom stereocenters. The molecule has 2 aromatic carbocycles. The molecule has 0 radical (unpaired) electrons. The van der Waals surface area contributed by atoms with Gasteiger partial charge in [0.25, 0.3) is 0 Å². The zero-order valence-corrected chi connectivity index (χ0v) is 17.7. The summed E-state index contributed by atoms with van der Waals surface area (Å²) in [6, 6.07) is 9.87. The van der Waals surface area contributed by atoms with Crippen molar-refractivity contribution in [1.82, 2.24) is 14.2 Å². The SMILES string of the molecule is O=C1Oc2cccc3c2n(c(=O)n3CCN2CCN(c3ccc(C(F)(F)F)cc3)CC2)OC1=O. The molecule has 12 heteroatoms. The van der Waals surface area contributed by atoms with Gasteiger partial charge < -0.3 is 14.5 Å². The van der Waals surface area contributed by atoms with Crippen LogP contribution in [0.5, 0.6) is 5.75 Å². The van der Waals surface area contributed by atoms with Gasteiger partial charge >= 0.3 is 23.8 Å². The third-order valence-electron chi connectivity index (χ3n) is 5.99. The number of alkyl halides is 3. The predicted molar refractivity (Wildman–Crippen MR) is 114 cm³/mol. The van der Waals surface area contributed by atoms with Gasteiger partial charge in [-0.25, -0.2) is 14.4 Å². The van der Waals surface area contributed by atoms with E-state index in [2.05, 4.69) is 4.90 Å². The van der Waals surface area contributed by atoms with E-state index in [0.29, 0.717) is 44.8 Å². The number of halogens is 3. The number of para-hydroxylation sites is 1. The molecule has 178 valence electrons. The molecule has 1 aromatic heterocycles. The number of carbonyl (C=O) groups excluding carboxylic acids is 2. The molecule has 34 heavy (non-hydrogen) atoms. The van der Waals surface area contributed by atoms with E-state index in [9.17, 15) is 27.6 Å². The van der Waals surface area contributed by atoms with Crippen LogP contribution >= 0.6 is 0 Å². The molecule has 3 aromatic rings. The molecule has 5 rings (SSSR count). The second kappa shape index (κ2) is 8.20. The van der Waals surface area contributed by atoms with Gasteiger partial charge in [0.1, 0.15) is 0 Å². The fourth-order valence-corrected chi connectivity index (χ4v) is 4.22. The number of ether oxygens (including phenoxy) is 1. The molecule has 0 amide bonds. The summed E-state index contributed by atoms with van der Waals surface area (Å²) in [5, 5.41) is 0. The summed E-state index contributed by atoms with van der Waals surface area (Å²) in [6.07, 6.45) is -4.36. The van der Waals surface area contributed by atoms with Gasteiger partial charge in [0.2, 0.25) is 0 Å². The van der Waals surface area contributed by atoms with E-state index in [1.807, 2.05) is 4.90 Å². The monoisotopic (exact) mass is 476 g/mol. The number of aromatic nitrogens is 2. The van der Waals surface area contributed by atoms with Crippen molar-refractivity contribution in [3.05, 3.63) is 58.5 Å². The minimum absolute atomic E-state index is 0.0642. The van der Waals surface area contributed by atoms with Crippen LogP contribution in [0.15, 0.2) is 47.3 Å². The quantitative estimate of drug-likeness (QED) is 0.321. The van der Waals surface area contributed by atoms with Gasteiger partial charge in [0.15, 0.2) is 11.3 Å². The Bertz CT molecular complexity index is 1320. The number of benzene rings is 2. The lowest BCUT2D eigenvalue weighted by molar-refractivity contribution is -0.161. The number of anilines is 1. The van der Waals surface area contributed by atoms with E-state index in [4.69, 9.17) is 9.57 Å². The Balaban J connectivity index is 1.27. The van der Waals surface area contributed by atoms with Gasteiger partial charge in [-0.15, -0.1) is 4.73 Å². The summed E-state index contributed by atoms with van der Waals surface area (Å²) in [6.45, 7) is 3.40. The largest absolute Gasteiger partial charge is 0.442 e. The van der Waals surface area contributed by atoms with Crippen molar-refractivity contribution in [3.8, 4) is 5.75 Å². The maximum absolute atomic E-state index is 12.9. The van der Waals surface area contributed by atoms with Crippen LogP contribution < -0.4 is 20.2 Å². The topological polar surface area (TPSA) is 86.0 Å². The van der Waals surface area contributed by atoms with E-state index in [-0.39, 0.29) is 11.3 Å². The first-order valence-corrected chi connectivity index (χ1v) is 10.6. The molecule has 0 aliphatic carbocycles. The van der Waals surface area contributed by atoms with E-state index >= 15 is 0 Å². The van der Waals surface area contributed by atoms with Gasteiger partial charge in [0, 0.05) is 45.0 Å². The summed E-state index contributed by atoms with van der Waals surface area (Å²) in [5.41, 5.74) is 0.123. The first-order valence-electron chi connectivity index (χ1n) is 10.6. The number of imidazole rings is 1. The number of esters is 1. The Morgan fingerprint density at radius 1 is 0.853 bits per heavy atom. The Hall–Kier alpha value is -3.80. The molecular weight excluding hydrogens is 457 g/mol. The second-order valence-corrected chi connectivity index (χ2v) is 7.99. The Morgan fingerprint density at radius 3 is 2.24 bits per heavy atom. The Kier molecular flexibility index (Phi) is 5.31. The maximum atomic E-state index is 12.9.